The third-order valence-corrected chi connectivity index (χ3v) is 14.1. The number of rotatable bonds is 11. The van der Waals surface area contributed by atoms with Crippen LogP contribution in [0.15, 0.2) is 305 Å². The summed E-state index contributed by atoms with van der Waals surface area (Å²) in [5.41, 5.74) is 13.6. The second-order valence-electron chi connectivity index (χ2n) is 19.7. The number of benzene rings is 8. The first kappa shape index (κ1) is 56.4. The molecule has 0 N–H and O–H groups in total. The maximum absolute atomic E-state index is 10.9. The lowest BCUT2D eigenvalue weighted by Crippen LogP contribution is -2.18. The molecular weight excluding hydrogens is 1050 g/mol. The van der Waals surface area contributed by atoms with Crippen LogP contribution in [0.5, 0.6) is 0 Å². The Bertz CT molecular complexity index is 4130. The molecule has 0 radical (unpaired) electrons. The van der Waals surface area contributed by atoms with E-state index >= 15 is 0 Å². The zero-order valence-corrected chi connectivity index (χ0v) is 46.4. The SMILES string of the molecule is O=Cc1ccc(N2N=C(c3ccccc3)CC2c2ccccc2)cc1.[C-]#[N+]/C(C#N)=C1/C=C(C)OC(c2ccccc2)=C1.[C-]#[N+]/C(C#N)=C1C=C(/C=C/c2ccc(N3N=C(c4ccccc4)CC3c3ccccc3)cc2)OC(c2ccccc2)=C/1. The molecule has 0 aliphatic carbocycles. The number of nitrogens with zero attached hydrogens (tertiary/aromatic N) is 8. The predicted molar refractivity (Wildman–Crippen MR) is 337 cm³/mol. The summed E-state index contributed by atoms with van der Waals surface area (Å²) in [7, 11) is 0. The van der Waals surface area contributed by atoms with Crippen molar-refractivity contribution in [2.45, 2.75) is 31.8 Å². The van der Waals surface area contributed by atoms with Crippen LogP contribution in [0.2, 0.25) is 0 Å². The predicted octanol–water partition coefficient (Wildman–Crippen LogP) is 17.2. The van der Waals surface area contributed by atoms with Crippen molar-refractivity contribution in [3.63, 3.8) is 0 Å². The van der Waals surface area contributed by atoms with Gasteiger partial charge in [0.15, 0.2) is 0 Å². The fraction of sp³-hybridized carbons (Fsp3) is 0.0676. The number of hydrogen-bond acceptors (Lipinski definition) is 9. The first-order valence-electron chi connectivity index (χ1n) is 27.4. The molecule has 2 atom stereocenters. The Balaban J connectivity index is 0.000000158. The second kappa shape index (κ2) is 27.5. The van der Waals surface area contributed by atoms with Crippen LogP contribution in [0.4, 0.5) is 11.4 Å². The summed E-state index contributed by atoms with van der Waals surface area (Å²) < 4.78 is 11.8. The first-order valence-corrected chi connectivity index (χ1v) is 27.4. The minimum atomic E-state index is 0.0241. The zero-order valence-electron chi connectivity index (χ0n) is 46.4. The summed E-state index contributed by atoms with van der Waals surface area (Å²) in [6.45, 7) is 16.2. The fourth-order valence-electron chi connectivity index (χ4n) is 9.91. The Morgan fingerprint density at radius 1 is 0.482 bits per heavy atom. The molecule has 4 heterocycles. The van der Waals surface area contributed by atoms with Crippen LogP contribution in [0, 0.1) is 35.8 Å². The van der Waals surface area contributed by atoms with Crippen molar-refractivity contribution in [3.8, 4) is 12.1 Å². The van der Waals surface area contributed by atoms with Gasteiger partial charge in [0.1, 0.15) is 29.3 Å². The maximum Gasteiger partial charge on any atom is 0.269 e. The minimum Gasteiger partial charge on any atom is -0.461 e. The number of allylic oxidation sites excluding steroid dienone is 10. The van der Waals surface area contributed by atoms with Crippen LogP contribution in [-0.2, 0) is 9.47 Å². The van der Waals surface area contributed by atoms with E-state index in [2.05, 4.69) is 117 Å². The van der Waals surface area contributed by atoms with Gasteiger partial charge in [0.05, 0.1) is 60.2 Å². The molecule has 8 aromatic carbocycles. The summed E-state index contributed by atoms with van der Waals surface area (Å²) in [5.74, 6) is 2.46. The molecule has 0 aromatic heterocycles. The topological polar surface area (TPSA) is 123 Å². The average Bonchev–Trinajstić information content (AvgIpc) is 3.48. The lowest BCUT2D eigenvalue weighted by molar-refractivity contribution is 0.112. The Labute approximate surface area is 495 Å². The van der Waals surface area contributed by atoms with Gasteiger partial charge in [-0.1, -0.05) is 200 Å². The first-order chi connectivity index (χ1) is 41.8. The van der Waals surface area contributed by atoms with Gasteiger partial charge in [-0.25, -0.2) is 20.2 Å². The molecule has 2 unspecified atom stereocenters. The highest BCUT2D eigenvalue weighted by atomic mass is 16.5. The van der Waals surface area contributed by atoms with Gasteiger partial charge in [0.2, 0.25) is 0 Å². The van der Waals surface area contributed by atoms with E-state index in [1.807, 2.05) is 158 Å². The van der Waals surface area contributed by atoms with Gasteiger partial charge in [0, 0.05) is 29.5 Å². The molecule has 8 aromatic rings. The Morgan fingerprint density at radius 2 is 0.859 bits per heavy atom. The number of carbonyl (C=O) groups is 1. The Hall–Kier alpha value is -11.9. The van der Waals surface area contributed by atoms with Crippen molar-refractivity contribution in [1.82, 2.24) is 0 Å². The molecule has 0 spiro atoms. The number of aldehydes is 1. The van der Waals surface area contributed by atoms with Crippen molar-refractivity contribution >= 4 is 46.7 Å². The van der Waals surface area contributed by atoms with E-state index in [1.54, 1.807) is 31.2 Å². The molecule has 0 saturated heterocycles. The molecule has 0 saturated carbocycles. The number of nitriles is 2. The minimum absolute atomic E-state index is 0.0241. The van der Waals surface area contributed by atoms with Gasteiger partial charge in [-0.2, -0.15) is 10.2 Å². The zero-order chi connectivity index (χ0) is 58.7. The van der Waals surface area contributed by atoms with Crippen LogP contribution in [-0.4, -0.2) is 17.7 Å². The number of hydrogen-bond donors (Lipinski definition) is 0. The molecule has 0 fully saturated rings. The summed E-state index contributed by atoms with van der Waals surface area (Å²) in [6, 6.07) is 80.8. The summed E-state index contributed by atoms with van der Waals surface area (Å²) >= 11 is 0. The highest BCUT2D eigenvalue weighted by Gasteiger charge is 2.31. The molecule has 12 rings (SSSR count). The van der Waals surface area contributed by atoms with Crippen molar-refractivity contribution in [1.29, 1.82) is 10.5 Å². The van der Waals surface area contributed by atoms with Crippen molar-refractivity contribution < 1.29 is 14.3 Å². The molecular formula is C74H54N8O3. The molecule has 85 heavy (non-hydrogen) atoms. The molecule has 408 valence electrons. The van der Waals surface area contributed by atoms with Crippen LogP contribution >= 0.6 is 0 Å². The van der Waals surface area contributed by atoms with Crippen LogP contribution in [0.3, 0.4) is 0 Å². The number of carbonyl (C=O) groups excluding carboxylic acids is 1. The van der Waals surface area contributed by atoms with Gasteiger partial charge < -0.3 is 9.47 Å². The van der Waals surface area contributed by atoms with Crippen molar-refractivity contribution in [3.05, 3.63) is 362 Å². The summed E-state index contributed by atoms with van der Waals surface area (Å²) in [4.78, 5) is 17.5. The Morgan fingerprint density at radius 3 is 1.26 bits per heavy atom. The van der Waals surface area contributed by atoms with E-state index in [9.17, 15) is 10.1 Å². The molecule has 11 nitrogen and oxygen atoms in total. The monoisotopic (exact) mass is 1100 g/mol. The highest BCUT2D eigenvalue weighted by molar-refractivity contribution is 6.04. The van der Waals surface area contributed by atoms with E-state index in [1.165, 1.54) is 11.1 Å². The van der Waals surface area contributed by atoms with E-state index in [0.29, 0.717) is 39.7 Å². The number of ether oxygens (including phenoxy) is 2. The van der Waals surface area contributed by atoms with E-state index in [4.69, 9.17) is 38.1 Å². The Kier molecular flexibility index (Phi) is 18.3. The lowest BCUT2D eigenvalue weighted by Gasteiger charge is -2.24. The number of hydrazone groups is 2. The molecule has 4 aliphatic heterocycles. The summed E-state index contributed by atoms with van der Waals surface area (Å²) in [6.07, 6.45) is 13.2. The van der Waals surface area contributed by atoms with Crippen LogP contribution in [0.25, 0.3) is 27.3 Å². The molecule has 4 aliphatic rings. The van der Waals surface area contributed by atoms with E-state index < -0.39 is 0 Å². The summed E-state index contributed by atoms with van der Waals surface area (Å²) in [5, 5.41) is 32.5. The van der Waals surface area contributed by atoms with Gasteiger partial charge in [-0.3, -0.25) is 14.8 Å². The van der Waals surface area contributed by atoms with E-state index in [-0.39, 0.29) is 23.5 Å². The van der Waals surface area contributed by atoms with Gasteiger partial charge in [0.25, 0.3) is 11.4 Å². The van der Waals surface area contributed by atoms with Gasteiger partial charge in [-0.15, -0.1) is 0 Å². The van der Waals surface area contributed by atoms with Gasteiger partial charge >= 0.3 is 0 Å². The third-order valence-electron chi connectivity index (χ3n) is 14.1. The quantitative estimate of drug-likeness (QED) is 0.0718. The average molecular weight is 1100 g/mol. The van der Waals surface area contributed by atoms with Crippen LogP contribution in [0.1, 0.15) is 81.2 Å². The smallest absolute Gasteiger partial charge is 0.269 e. The maximum atomic E-state index is 10.9. The molecule has 0 amide bonds. The standard InChI is InChI=1S/C37H26N4O.C22H18N2O.C15H10N2O/c1-39-35(26-38)31-23-33(42-37(24-31)30-15-9-4-10-16-30)22-19-27-17-20-32(21-18-27)41-36(29-13-7-3-8-14-29)25-34(40-41)28-11-5-2-6-12-28;25-16-17-11-13-20(14-12-17)24-22(19-9-5-2-6-10-19)15-21(23-24)18-7-3-1-4-8-18;1-11-8-13(14(10-16)17-2)9-15(18-11)12-6-4-3-5-7-12/h2-24,36H,25H2;1-14,16,22H,15H2;3-9H,1H3/b22-19+,35-31-;;14-13-. The normalized spacial score (nSPS) is 17.0. The molecule has 11 heteroatoms. The molecule has 0 bridgehead atoms. The highest BCUT2D eigenvalue weighted by Crippen LogP contribution is 2.39. The second-order valence-corrected chi connectivity index (χ2v) is 19.7. The van der Waals surface area contributed by atoms with E-state index in [0.717, 1.165) is 69.7 Å². The lowest BCUT2D eigenvalue weighted by atomic mass is 9.98. The largest absolute Gasteiger partial charge is 0.461 e. The van der Waals surface area contributed by atoms with Crippen LogP contribution < -0.4 is 10.0 Å². The third kappa shape index (κ3) is 14.0. The van der Waals surface area contributed by atoms with Gasteiger partial charge in [-0.05, 0) is 113 Å². The number of anilines is 2. The van der Waals surface area contributed by atoms with Crippen molar-refractivity contribution in [2.24, 2.45) is 10.2 Å². The van der Waals surface area contributed by atoms with Crippen molar-refractivity contribution in [2.75, 3.05) is 10.0 Å². The fourth-order valence-corrected chi connectivity index (χ4v) is 9.91.